The highest BCUT2D eigenvalue weighted by Crippen LogP contribution is 2.27. The van der Waals surface area contributed by atoms with Gasteiger partial charge in [0.25, 0.3) is 0 Å². The molecule has 5 nitrogen and oxygen atoms in total. The van der Waals surface area contributed by atoms with Crippen molar-refractivity contribution < 1.29 is 4.74 Å². The van der Waals surface area contributed by atoms with Crippen molar-refractivity contribution in [2.45, 2.75) is 0 Å². The number of nitrogen functional groups attached to an aromatic ring is 1. The average molecular weight is 266 g/mol. The summed E-state index contributed by atoms with van der Waals surface area (Å²) in [6.45, 7) is 0. The maximum Gasteiger partial charge on any atom is 0.153 e. The predicted octanol–water partition coefficient (Wildman–Crippen LogP) is 2.53. The van der Waals surface area contributed by atoms with E-state index in [4.69, 9.17) is 10.5 Å². The number of nitrogens with zero attached hydrogens (tertiary/aromatic N) is 3. The minimum absolute atomic E-state index is 0.601. The number of pyridine rings is 1. The number of rotatable bonds is 3. The van der Waals surface area contributed by atoms with E-state index in [9.17, 15) is 0 Å². The van der Waals surface area contributed by atoms with Crippen LogP contribution in [-0.4, -0.2) is 21.9 Å². The highest BCUT2D eigenvalue weighted by atomic mass is 16.5. The summed E-state index contributed by atoms with van der Waals surface area (Å²) in [7, 11) is 1.63. The zero-order chi connectivity index (χ0) is 13.9. The van der Waals surface area contributed by atoms with E-state index in [1.54, 1.807) is 24.2 Å². The Morgan fingerprint density at radius 2 is 2.05 bits per heavy atom. The Kier molecular flexibility index (Phi) is 3.09. The van der Waals surface area contributed by atoms with Crippen LogP contribution in [0.3, 0.4) is 0 Å². The Morgan fingerprint density at radius 1 is 1.15 bits per heavy atom. The van der Waals surface area contributed by atoms with Crippen LogP contribution in [0.2, 0.25) is 0 Å². The molecular formula is C15H14N4O. The largest absolute Gasteiger partial charge is 0.497 e. The number of hydrogen-bond acceptors (Lipinski definition) is 4. The van der Waals surface area contributed by atoms with E-state index in [0.717, 1.165) is 22.8 Å². The van der Waals surface area contributed by atoms with E-state index in [0.29, 0.717) is 5.69 Å². The van der Waals surface area contributed by atoms with E-state index < -0.39 is 0 Å². The van der Waals surface area contributed by atoms with Crippen molar-refractivity contribution in [2.75, 3.05) is 12.8 Å². The normalized spacial score (nSPS) is 10.4. The molecule has 0 aliphatic heterocycles. The molecule has 0 fully saturated rings. The molecule has 100 valence electrons. The second-order valence-corrected chi connectivity index (χ2v) is 4.30. The summed E-state index contributed by atoms with van der Waals surface area (Å²) >= 11 is 0. The topological polar surface area (TPSA) is 66.0 Å². The molecule has 5 heteroatoms. The summed E-state index contributed by atoms with van der Waals surface area (Å²) in [6.07, 6.45) is 3.48. The fourth-order valence-corrected chi connectivity index (χ4v) is 1.99. The van der Waals surface area contributed by atoms with Gasteiger partial charge in [-0.15, -0.1) is 0 Å². The molecule has 3 rings (SSSR count). The quantitative estimate of drug-likeness (QED) is 0.791. The lowest BCUT2D eigenvalue weighted by Crippen LogP contribution is -1.97. The van der Waals surface area contributed by atoms with Gasteiger partial charge in [0.2, 0.25) is 0 Å². The van der Waals surface area contributed by atoms with Crippen LogP contribution in [-0.2, 0) is 0 Å². The van der Waals surface area contributed by atoms with Crippen molar-refractivity contribution in [3.63, 3.8) is 0 Å². The van der Waals surface area contributed by atoms with Crippen LogP contribution in [0.1, 0.15) is 0 Å². The third-order valence-corrected chi connectivity index (χ3v) is 2.97. The average Bonchev–Trinajstić information content (AvgIpc) is 2.90. The molecule has 0 atom stereocenters. The third-order valence-electron chi connectivity index (χ3n) is 2.97. The highest BCUT2D eigenvalue weighted by Gasteiger charge is 2.10. The number of methoxy groups -OCH3 is 1. The van der Waals surface area contributed by atoms with Crippen molar-refractivity contribution in [3.05, 3.63) is 54.9 Å². The first-order chi connectivity index (χ1) is 9.78. The third kappa shape index (κ3) is 2.21. The van der Waals surface area contributed by atoms with Gasteiger partial charge in [-0.25, -0.2) is 9.67 Å². The first-order valence-corrected chi connectivity index (χ1v) is 6.19. The van der Waals surface area contributed by atoms with Crippen molar-refractivity contribution >= 4 is 5.69 Å². The van der Waals surface area contributed by atoms with Gasteiger partial charge < -0.3 is 10.5 Å². The van der Waals surface area contributed by atoms with Crippen molar-refractivity contribution in [2.24, 2.45) is 0 Å². The van der Waals surface area contributed by atoms with Crippen molar-refractivity contribution in [1.82, 2.24) is 14.8 Å². The van der Waals surface area contributed by atoms with Crippen LogP contribution in [0.4, 0.5) is 5.69 Å². The van der Waals surface area contributed by atoms with Gasteiger partial charge >= 0.3 is 0 Å². The van der Waals surface area contributed by atoms with Crippen LogP contribution in [0.5, 0.6) is 5.75 Å². The summed E-state index contributed by atoms with van der Waals surface area (Å²) in [6, 6.07) is 13.3. The van der Waals surface area contributed by atoms with Gasteiger partial charge in [0.1, 0.15) is 11.4 Å². The molecule has 0 amide bonds. The summed E-state index contributed by atoms with van der Waals surface area (Å²) in [5.74, 6) is 1.50. The fourth-order valence-electron chi connectivity index (χ4n) is 1.99. The van der Waals surface area contributed by atoms with Gasteiger partial charge in [-0.2, -0.15) is 5.10 Å². The lowest BCUT2D eigenvalue weighted by Gasteiger charge is -2.02. The molecule has 0 radical (unpaired) electrons. The Labute approximate surface area is 116 Å². The SMILES string of the molecule is COc1cccc(-c2nn(-c3ccccn3)cc2N)c1. The Morgan fingerprint density at radius 3 is 2.80 bits per heavy atom. The first kappa shape index (κ1) is 12.2. The van der Waals surface area contributed by atoms with Gasteiger partial charge in [0, 0.05) is 11.8 Å². The van der Waals surface area contributed by atoms with Crippen molar-refractivity contribution in [3.8, 4) is 22.8 Å². The molecule has 2 N–H and O–H groups in total. The van der Waals surface area contributed by atoms with E-state index in [2.05, 4.69) is 10.1 Å². The number of aromatic nitrogens is 3. The molecule has 2 heterocycles. The van der Waals surface area contributed by atoms with E-state index in [-0.39, 0.29) is 0 Å². The molecule has 0 bridgehead atoms. The van der Waals surface area contributed by atoms with Gasteiger partial charge in [0.05, 0.1) is 19.0 Å². The molecule has 0 spiro atoms. The number of ether oxygens (including phenoxy) is 1. The smallest absolute Gasteiger partial charge is 0.153 e. The predicted molar refractivity (Wildman–Crippen MR) is 77.8 cm³/mol. The highest BCUT2D eigenvalue weighted by molar-refractivity contribution is 5.73. The number of nitrogens with two attached hydrogens (primary N) is 1. The zero-order valence-electron chi connectivity index (χ0n) is 11.0. The lowest BCUT2D eigenvalue weighted by atomic mass is 10.1. The van der Waals surface area contributed by atoms with Crippen LogP contribution in [0.15, 0.2) is 54.9 Å². The van der Waals surface area contributed by atoms with Crippen LogP contribution < -0.4 is 10.5 Å². The number of hydrogen-bond donors (Lipinski definition) is 1. The van der Waals surface area contributed by atoms with Crippen LogP contribution >= 0.6 is 0 Å². The van der Waals surface area contributed by atoms with Crippen molar-refractivity contribution in [1.29, 1.82) is 0 Å². The van der Waals surface area contributed by atoms with E-state index in [1.165, 1.54) is 0 Å². The van der Waals surface area contributed by atoms with Crippen LogP contribution in [0, 0.1) is 0 Å². The zero-order valence-corrected chi connectivity index (χ0v) is 11.0. The van der Waals surface area contributed by atoms with Gasteiger partial charge in [0.15, 0.2) is 5.82 Å². The fraction of sp³-hybridized carbons (Fsp3) is 0.0667. The minimum Gasteiger partial charge on any atom is -0.497 e. The Balaban J connectivity index is 2.05. The molecule has 0 saturated carbocycles. The molecular weight excluding hydrogens is 252 g/mol. The molecule has 0 aliphatic carbocycles. The van der Waals surface area contributed by atoms with E-state index in [1.807, 2.05) is 42.5 Å². The molecule has 20 heavy (non-hydrogen) atoms. The Bertz CT molecular complexity index is 722. The van der Waals surface area contributed by atoms with Gasteiger partial charge in [-0.05, 0) is 24.3 Å². The molecule has 0 aliphatic rings. The molecule has 0 saturated heterocycles. The van der Waals surface area contributed by atoms with E-state index >= 15 is 0 Å². The molecule has 2 aromatic heterocycles. The lowest BCUT2D eigenvalue weighted by molar-refractivity contribution is 0.415. The number of benzene rings is 1. The molecule has 1 aromatic carbocycles. The summed E-state index contributed by atoms with van der Waals surface area (Å²) in [5, 5.41) is 4.50. The standard InChI is InChI=1S/C15H14N4O/c1-20-12-6-4-5-11(9-12)15-13(16)10-19(18-15)14-7-2-3-8-17-14/h2-10H,16H2,1H3. The summed E-state index contributed by atoms with van der Waals surface area (Å²) in [4.78, 5) is 4.25. The van der Waals surface area contributed by atoms with Gasteiger partial charge in [-0.1, -0.05) is 18.2 Å². The minimum atomic E-state index is 0.601. The molecule has 0 unspecified atom stereocenters. The first-order valence-electron chi connectivity index (χ1n) is 6.19. The number of anilines is 1. The Hall–Kier alpha value is -2.82. The summed E-state index contributed by atoms with van der Waals surface area (Å²) in [5.41, 5.74) is 8.28. The maximum absolute atomic E-state index is 6.05. The van der Waals surface area contributed by atoms with Gasteiger partial charge in [-0.3, -0.25) is 0 Å². The van der Waals surface area contributed by atoms with Crippen LogP contribution in [0.25, 0.3) is 17.1 Å². The second-order valence-electron chi connectivity index (χ2n) is 4.30. The molecule has 3 aromatic rings. The monoisotopic (exact) mass is 266 g/mol. The maximum atomic E-state index is 6.05. The second kappa shape index (κ2) is 5.05. The summed E-state index contributed by atoms with van der Waals surface area (Å²) < 4.78 is 6.89.